The standard InChI is InChI=1S/C24H32N2O2S/c1-4-6-7-22(27)25(14-5-2)17-23(28)26-15-12-21-20(13-16-29-21)24(26)19-10-8-18(3)9-11-19/h8-11,13,16,24H,4-7,12,14-15,17H2,1-3H3. The number of carbonyl (C=O) groups is 2. The van der Waals surface area contributed by atoms with Crippen molar-refractivity contribution in [2.24, 2.45) is 0 Å². The van der Waals surface area contributed by atoms with Gasteiger partial charge in [-0.1, -0.05) is 50.1 Å². The lowest BCUT2D eigenvalue weighted by Crippen LogP contribution is -2.47. The van der Waals surface area contributed by atoms with Crippen LogP contribution in [0.4, 0.5) is 0 Å². The van der Waals surface area contributed by atoms with E-state index < -0.39 is 0 Å². The molecule has 1 aromatic carbocycles. The second-order valence-electron chi connectivity index (χ2n) is 7.87. The van der Waals surface area contributed by atoms with E-state index in [0.29, 0.717) is 19.5 Å². The Morgan fingerprint density at radius 2 is 1.90 bits per heavy atom. The lowest BCUT2D eigenvalue weighted by molar-refractivity contribution is -0.141. The summed E-state index contributed by atoms with van der Waals surface area (Å²) in [5.41, 5.74) is 3.59. The number of benzene rings is 1. The van der Waals surface area contributed by atoms with Gasteiger partial charge in [0, 0.05) is 24.4 Å². The molecule has 0 radical (unpaired) electrons. The third-order valence-corrected chi connectivity index (χ3v) is 6.59. The van der Waals surface area contributed by atoms with E-state index in [0.717, 1.165) is 31.2 Å². The van der Waals surface area contributed by atoms with Gasteiger partial charge < -0.3 is 9.80 Å². The maximum atomic E-state index is 13.4. The minimum absolute atomic E-state index is 0.0470. The highest BCUT2D eigenvalue weighted by molar-refractivity contribution is 7.10. The molecule has 3 rings (SSSR count). The van der Waals surface area contributed by atoms with Gasteiger partial charge in [-0.15, -0.1) is 11.3 Å². The Bertz CT molecular complexity index is 828. The average Bonchev–Trinajstić information content (AvgIpc) is 3.20. The van der Waals surface area contributed by atoms with Gasteiger partial charge >= 0.3 is 0 Å². The molecule has 0 spiro atoms. The molecule has 0 saturated heterocycles. The molecule has 1 unspecified atom stereocenters. The summed E-state index contributed by atoms with van der Waals surface area (Å²) in [5, 5.41) is 2.12. The molecular formula is C24H32N2O2S. The second-order valence-corrected chi connectivity index (χ2v) is 8.87. The first-order valence-corrected chi connectivity index (χ1v) is 11.6. The molecule has 29 heavy (non-hydrogen) atoms. The first kappa shape index (κ1) is 21.6. The maximum absolute atomic E-state index is 13.4. The van der Waals surface area contributed by atoms with E-state index in [1.165, 1.54) is 16.0 Å². The lowest BCUT2D eigenvalue weighted by Gasteiger charge is -2.37. The van der Waals surface area contributed by atoms with Gasteiger partial charge in [-0.3, -0.25) is 9.59 Å². The van der Waals surface area contributed by atoms with Gasteiger partial charge in [0.2, 0.25) is 11.8 Å². The van der Waals surface area contributed by atoms with Gasteiger partial charge in [-0.25, -0.2) is 0 Å². The van der Waals surface area contributed by atoms with Crippen LogP contribution in [0.5, 0.6) is 0 Å². The van der Waals surface area contributed by atoms with Crippen molar-refractivity contribution in [1.82, 2.24) is 9.80 Å². The summed E-state index contributed by atoms with van der Waals surface area (Å²) in [4.78, 5) is 31.1. The SMILES string of the molecule is CCCCC(=O)N(CCC)CC(=O)N1CCc2sccc2C1c1ccc(C)cc1. The fourth-order valence-corrected chi connectivity index (χ4v) is 4.90. The van der Waals surface area contributed by atoms with Crippen LogP contribution in [0.2, 0.25) is 0 Å². The summed E-state index contributed by atoms with van der Waals surface area (Å²) >= 11 is 1.77. The molecule has 2 heterocycles. The van der Waals surface area contributed by atoms with E-state index in [1.807, 2.05) is 4.90 Å². The number of hydrogen-bond acceptors (Lipinski definition) is 3. The fraction of sp³-hybridized carbons (Fsp3) is 0.500. The number of amides is 2. The quantitative estimate of drug-likeness (QED) is 0.615. The van der Waals surface area contributed by atoms with E-state index in [2.05, 4.69) is 56.5 Å². The molecule has 0 saturated carbocycles. The zero-order chi connectivity index (χ0) is 20.8. The topological polar surface area (TPSA) is 40.6 Å². The summed E-state index contributed by atoms with van der Waals surface area (Å²) in [6.45, 7) is 7.74. The van der Waals surface area contributed by atoms with Gasteiger partial charge in [0.1, 0.15) is 0 Å². The Balaban J connectivity index is 1.83. The number of unbranched alkanes of at least 4 members (excludes halogenated alkanes) is 1. The van der Waals surface area contributed by atoms with Crippen LogP contribution < -0.4 is 0 Å². The molecule has 0 aliphatic carbocycles. The first-order chi connectivity index (χ1) is 14.0. The van der Waals surface area contributed by atoms with E-state index in [1.54, 1.807) is 16.2 Å². The molecule has 1 aliphatic heterocycles. The number of aryl methyl sites for hydroxylation is 1. The number of carbonyl (C=O) groups excluding carboxylic acids is 2. The van der Waals surface area contributed by atoms with Crippen LogP contribution in [-0.2, 0) is 16.0 Å². The molecule has 5 heteroatoms. The first-order valence-electron chi connectivity index (χ1n) is 10.7. The Morgan fingerprint density at radius 3 is 2.59 bits per heavy atom. The van der Waals surface area contributed by atoms with Crippen molar-refractivity contribution >= 4 is 23.2 Å². The Morgan fingerprint density at radius 1 is 1.14 bits per heavy atom. The Kier molecular flexibility index (Phi) is 7.48. The number of nitrogens with zero attached hydrogens (tertiary/aromatic N) is 2. The predicted molar refractivity (Wildman–Crippen MR) is 119 cm³/mol. The third-order valence-electron chi connectivity index (χ3n) is 5.60. The Labute approximate surface area is 178 Å². The molecule has 4 nitrogen and oxygen atoms in total. The summed E-state index contributed by atoms with van der Waals surface area (Å²) in [6.07, 6.45) is 4.14. The molecule has 1 aromatic heterocycles. The van der Waals surface area contributed by atoms with Gasteiger partial charge in [0.15, 0.2) is 0 Å². The zero-order valence-electron chi connectivity index (χ0n) is 17.8. The van der Waals surface area contributed by atoms with Gasteiger partial charge in [0.25, 0.3) is 0 Å². The van der Waals surface area contributed by atoms with Crippen molar-refractivity contribution in [3.05, 3.63) is 57.3 Å². The van der Waals surface area contributed by atoms with Crippen LogP contribution >= 0.6 is 11.3 Å². The minimum atomic E-state index is -0.0627. The van der Waals surface area contributed by atoms with Crippen LogP contribution in [0, 0.1) is 6.92 Å². The van der Waals surface area contributed by atoms with Crippen LogP contribution in [0.1, 0.15) is 67.1 Å². The van der Waals surface area contributed by atoms with Crippen molar-refractivity contribution < 1.29 is 9.59 Å². The largest absolute Gasteiger partial charge is 0.333 e. The summed E-state index contributed by atoms with van der Waals surface area (Å²) < 4.78 is 0. The maximum Gasteiger partial charge on any atom is 0.242 e. The van der Waals surface area contributed by atoms with E-state index in [-0.39, 0.29) is 24.4 Å². The summed E-state index contributed by atoms with van der Waals surface area (Å²) in [7, 11) is 0. The molecule has 2 amide bonds. The zero-order valence-corrected chi connectivity index (χ0v) is 18.6. The molecule has 0 N–H and O–H groups in total. The predicted octanol–water partition coefficient (Wildman–Crippen LogP) is 4.96. The average molecular weight is 413 g/mol. The van der Waals surface area contributed by atoms with Crippen molar-refractivity contribution in [1.29, 1.82) is 0 Å². The van der Waals surface area contributed by atoms with Crippen molar-refractivity contribution in [2.75, 3.05) is 19.6 Å². The van der Waals surface area contributed by atoms with Crippen LogP contribution in [-0.4, -0.2) is 41.2 Å². The van der Waals surface area contributed by atoms with Gasteiger partial charge in [0.05, 0.1) is 12.6 Å². The highest BCUT2D eigenvalue weighted by Gasteiger charge is 2.33. The minimum Gasteiger partial charge on any atom is -0.333 e. The van der Waals surface area contributed by atoms with Crippen molar-refractivity contribution in [2.45, 2.75) is 58.9 Å². The molecule has 0 fully saturated rings. The van der Waals surface area contributed by atoms with Crippen LogP contribution in [0.3, 0.4) is 0 Å². The molecular weight excluding hydrogens is 380 g/mol. The third kappa shape index (κ3) is 5.08. The molecule has 2 aromatic rings. The lowest BCUT2D eigenvalue weighted by atomic mass is 9.92. The Hall–Kier alpha value is -2.14. The molecule has 1 aliphatic rings. The van der Waals surface area contributed by atoms with E-state index in [9.17, 15) is 9.59 Å². The smallest absolute Gasteiger partial charge is 0.242 e. The number of rotatable bonds is 8. The van der Waals surface area contributed by atoms with Crippen LogP contribution in [0.25, 0.3) is 0 Å². The highest BCUT2D eigenvalue weighted by atomic mass is 32.1. The number of thiophene rings is 1. The number of hydrogen-bond donors (Lipinski definition) is 0. The highest BCUT2D eigenvalue weighted by Crippen LogP contribution is 2.38. The normalized spacial score (nSPS) is 15.8. The van der Waals surface area contributed by atoms with E-state index in [4.69, 9.17) is 0 Å². The van der Waals surface area contributed by atoms with Gasteiger partial charge in [-0.05, 0) is 48.8 Å². The summed E-state index contributed by atoms with van der Waals surface area (Å²) in [6, 6.07) is 10.6. The van der Waals surface area contributed by atoms with Crippen molar-refractivity contribution in [3.8, 4) is 0 Å². The van der Waals surface area contributed by atoms with E-state index >= 15 is 0 Å². The number of fused-ring (bicyclic) bond motifs is 1. The molecule has 156 valence electrons. The van der Waals surface area contributed by atoms with Crippen LogP contribution in [0.15, 0.2) is 35.7 Å². The molecule has 1 atom stereocenters. The monoisotopic (exact) mass is 412 g/mol. The summed E-state index contributed by atoms with van der Waals surface area (Å²) in [5.74, 6) is 0.146. The fourth-order valence-electron chi connectivity index (χ4n) is 4.00. The van der Waals surface area contributed by atoms with Crippen molar-refractivity contribution in [3.63, 3.8) is 0 Å². The second kappa shape index (κ2) is 10.1. The molecule has 0 bridgehead atoms. The van der Waals surface area contributed by atoms with Gasteiger partial charge in [-0.2, -0.15) is 0 Å².